The van der Waals surface area contributed by atoms with Crippen LogP contribution in [0.1, 0.15) is 11.3 Å². The summed E-state index contributed by atoms with van der Waals surface area (Å²) in [6.07, 6.45) is 1.36. The number of carbonyl (C=O) groups excluding carboxylic acids is 1. The highest BCUT2D eigenvalue weighted by Crippen LogP contribution is 2.32. The molecule has 8 heteroatoms. The van der Waals surface area contributed by atoms with Crippen molar-refractivity contribution in [1.29, 1.82) is 5.26 Å². The Hall–Kier alpha value is -2.76. The number of hydrogen-bond donors (Lipinski definition) is 1. The van der Waals surface area contributed by atoms with Crippen LogP contribution in [0.2, 0.25) is 0 Å². The number of carbonyl (C=O) groups is 1. The van der Waals surface area contributed by atoms with Crippen LogP contribution < -0.4 is 10.3 Å². The van der Waals surface area contributed by atoms with Gasteiger partial charge in [-0.15, -0.1) is 0 Å². The summed E-state index contributed by atoms with van der Waals surface area (Å²) in [5, 5.41) is 13.4. The molecule has 1 aliphatic rings. The van der Waals surface area contributed by atoms with Crippen LogP contribution >= 0.6 is 11.3 Å². The Morgan fingerprint density at radius 2 is 2.16 bits per heavy atom. The predicted molar refractivity (Wildman–Crippen MR) is 96.5 cm³/mol. The summed E-state index contributed by atoms with van der Waals surface area (Å²) < 4.78 is 5.39. The molecule has 1 N–H and O–H groups in total. The van der Waals surface area contributed by atoms with Crippen molar-refractivity contribution in [3.63, 3.8) is 0 Å². The summed E-state index contributed by atoms with van der Waals surface area (Å²) in [6.45, 7) is 2.98. The Bertz CT molecular complexity index is 791. The average molecular weight is 355 g/mol. The Balaban J connectivity index is 1.86. The molecule has 1 amide bonds. The number of benzene rings is 1. The Morgan fingerprint density at radius 1 is 1.40 bits per heavy atom. The molecule has 0 saturated carbocycles. The fourth-order valence-electron chi connectivity index (χ4n) is 2.37. The van der Waals surface area contributed by atoms with Crippen LogP contribution in [0.25, 0.3) is 11.3 Å². The molecular formula is C17H17N5O2S. The number of aromatic nitrogens is 1. The van der Waals surface area contributed by atoms with Gasteiger partial charge in [0.2, 0.25) is 0 Å². The van der Waals surface area contributed by atoms with Crippen molar-refractivity contribution in [2.75, 3.05) is 31.2 Å². The zero-order chi connectivity index (χ0) is 17.5. The van der Waals surface area contributed by atoms with E-state index in [-0.39, 0.29) is 6.42 Å². The average Bonchev–Trinajstić information content (AvgIpc) is 3.08. The Morgan fingerprint density at radius 3 is 2.88 bits per heavy atom. The number of amides is 1. The SMILES string of the molecule is N#CCC(=O)N/N=C/c1sc(N2CCOCC2)nc1-c1ccccc1. The number of nitrogens with one attached hydrogen (secondary N) is 1. The summed E-state index contributed by atoms with van der Waals surface area (Å²) in [7, 11) is 0. The highest BCUT2D eigenvalue weighted by atomic mass is 32.1. The van der Waals surface area contributed by atoms with Gasteiger partial charge in [0.25, 0.3) is 5.91 Å². The van der Waals surface area contributed by atoms with E-state index in [4.69, 9.17) is 15.0 Å². The Labute approximate surface area is 149 Å². The third-order valence-corrected chi connectivity index (χ3v) is 4.63. The lowest BCUT2D eigenvalue weighted by Gasteiger charge is -2.26. The van der Waals surface area contributed by atoms with Gasteiger partial charge in [-0.2, -0.15) is 10.4 Å². The lowest BCUT2D eigenvalue weighted by atomic mass is 10.1. The zero-order valence-corrected chi connectivity index (χ0v) is 14.3. The van der Waals surface area contributed by atoms with E-state index >= 15 is 0 Å². The molecular weight excluding hydrogens is 338 g/mol. The number of ether oxygens (including phenoxy) is 1. The van der Waals surface area contributed by atoms with Crippen LogP contribution in [-0.2, 0) is 9.53 Å². The number of nitrogens with zero attached hydrogens (tertiary/aromatic N) is 4. The number of morpholine rings is 1. The van der Waals surface area contributed by atoms with Crippen LogP contribution in [0, 0.1) is 11.3 Å². The highest BCUT2D eigenvalue weighted by Gasteiger charge is 2.18. The van der Waals surface area contributed by atoms with E-state index in [0.717, 1.165) is 34.4 Å². The zero-order valence-electron chi connectivity index (χ0n) is 13.5. The molecule has 1 fully saturated rings. The fourth-order valence-corrected chi connectivity index (χ4v) is 3.39. The largest absolute Gasteiger partial charge is 0.378 e. The number of hydrazone groups is 1. The summed E-state index contributed by atoms with van der Waals surface area (Å²) in [4.78, 5) is 19.2. The van der Waals surface area contributed by atoms with Crippen LogP contribution in [0.15, 0.2) is 35.4 Å². The summed E-state index contributed by atoms with van der Waals surface area (Å²) in [5.74, 6) is -0.432. The Kier molecular flexibility index (Phi) is 5.72. The standard InChI is InChI=1S/C17H17N5O2S/c18-7-6-15(23)21-19-12-14-16(13-4-2-1-3-5-13)20-17(25-14)22-8-10-24-11-9-22/h1-5,12H,6,8-11H2,(H,21,23)/b19-12+. The van der Waals surface area contributed by atoms with Gasteiger partial charge in [0.05, 0.1) is 36.1 Å². The molecule has 1 saturated heterocycles. The maximum absolute atomic E-state index is 11.4. The van der Waals surface area contributed by atoms with Gasteiger partial charge >= 0.3 is 0 Å². The van der Waals surface area contributed by atoms with Gasteiger partial charge in [-0.25, -0.2) is 10.4 Å². The van der Waals surface area contributed by atoms with Crippen LogP contribution in [-0.4, -0.2) is 43.4 Å². The predicted octanol–water partition coefficient (Wildman–Crippen LogP) is 2.01. The van der Waals surface area contributed by atoms with Gasteiger partial charge in [0.1, 0.15) is 6.42 Å². The minimum absolute atomic E-state index is 0.218. The molecule has 2 heterocycles. The van der Waals surface area contributed by atoms with E-state index in [9.17, 15) is 4.79 Å². The third kappa shape index (κ3) is 4.41. The quantitative estimate of drug-likeness (QED) is 0.654. The van der Waals surface area contributed by atoms with Gasteiger partial charge in [-0.3, -0.25) is 4.79 Å². The first-order valence-electron chi connectivity index (χ1n) is 7.85. The molecule has 128 valence electrons. The lowest BCUT2D eigenvalue weighted by Crippen LogP contribution is -2.36. The molecule has 2 aromatic rings. The smallest absolute Gasteiger partial charge is 0.254 e. The summed E-state index contributed by atoms with van der Waals surface area (Å²) >= 11 is 1.52. The number of hydrogen-bond acceptors (Lipinski definition) is 7. The molecule has 0 aliphatic carbocycles. The van der Waals surface area contributed by atoms with Gasteiger partial charge in [-0.05, 0) is 0 Å². The van der Waals surface area contributed by atoms with Gasteiger partial charge < -0.3 is 9.64 Å². The highest BCUT2D eigenvalue weighted by molar-refractivity contribution is 7.17. The molecule has 0 atom stereocenters. The molecule has 0 bridgehead atoms. The van der Waals surface area contributed by atoms with E-state index in [2.05, 4.69) is 15.4 Å². The lowest BCUT2D eigenvalue weighted by molar-refractivity contribution is -0.120. The molecule has 1 aromatic carbocycles. The van der Waals surface area contributed by atoms with Crippen molar-refractivity contribution in [3.8, 4) is 17.3 Å². The van der Waals surface area contributed by atoms with E-state index in [1.807, 2.05) is 30.3 Å². The van der Waals surface area contributed by atoms with E-state index < -0.39 is 5.91 Å². The molecule has 0 spiro atoms. The van der Waals surface area contributed by atoms with E-state index in [1.54, 1.807) is 12.3 Å². The second-order valence-electron chi connectivity index (χ2n) is 5.30. The van der Waals surface area contributed by atoms with Crippen LogP contribution in [0.4, 0.5) is 5.13 Å². The maximum Gasteiger partial charge on any atom is 0.254 e. The molecule has 25 heavy (non-hydrogen) atoms. The van der Waals surface area contributed by atoms with Crippen LogP contribution in [0.5, 0.6) is 0 Å². The van der Waals surface area contributed by atoms with Gasteiger partial charge in [-0.1, -0.05) is 41.7 Å². The third-order valence-electron chi connectivity index (χ3n) is 3.58. The first kappa shape index (κ1) is 17.1. The number of rotatable bonds is 5. The topological polar surface area (TPSA) is 90.6 Å². The van der Waals surface area contributed by atoms with Gasteiger partial charge in [0.15, 0.2) is 5.13 Å². The number of thiazole rings is 1. The second kappa shape index (κ2) is 8.37. The minimum Gasteiger partial charge on any atom is -0.378 e. The number of nitriles is 1. The van der Waals surface area contributed by atoms with Crippen molar-refractivity contribution >= 4 is 28.6 Å². The van der Waals surface area contributed by atoms with Crippen molar-refractivity contribution in [2.24, 2.45) is 5.10 Å². The minimum atomic E-state index is -0.432. The van der Waals surface area contributed by atoms with Gasteiger partial charge in [0, 0.05) is 18.7 Å². The van der Waals surface area contributed by atoms with Crippen LogP contribution in [0.3, 0.4) is 0 Å². The maximum atomic E-state index is 11.4. The molecule has 3 rings (SSSR count). The first-order valence-corrected chi connectivity index (χ1v) is 8.67. The molecule has 7 nitrogen and oxygen atoms in total. The van der Waals surface area contributed by atoms with Crippen molar-refractivity contribution < 1.29 is 9.53 Å². The normalized spacial score (nSPS) is 14.4. The first-order chi connectivity index (χ1) is 12.3. The second-order valence-corrected chi connectivity index (χ2v) is 6.31. The molecule has 0 unspecified atom stereocenters. The monoisotopic (exact) mass is 355 g/mol. The molecule has 0 radical (unpaired) electrons. The van der Waals surface area contributed by atoms with E-state index in [0.29, 0.717) is 13.2 Å². The number of anilines is 1. The summed E-state index contributed by atoms with van der Waals surface area (Å²) in [5.41, 5.74) is 4.17. The van der Waals surface area contributed by atoms with Crippen molar-refractivity contribution in [1.82, 2.24) is 10.4 Å². The van der Waals surface area contributed by atoms with Crippen molar-refractivity contribution in [2.45, 2.75) is 6.42 Å². The summed E-state index contributed by atoms with van der Waals surface area (Å²) in [6, 6.07) is 11.6. The molecule has 1 aromatic heterocycles. The van der Waals surface area contributed by atoms with Crippen molar-refractivity contribution in [3.05, 3.63) is 35.2 Å². The van der Waals surface area contributed by atoms with E-state index in [1.165, 1.54) is 11.3 Å². The fraction of sp³-hybridized carbons (Fsp3) is 0.294. The molecule has 1 aliphatic heterocycles.